The first-order valence-corrected chi connectivity index (χ1v) is 10.2. The molecule has 1 aromatic rings. The third-order valence-electron chi connectivity index (χ3n) is 5.87. The van der Waals surface area contributed by atoms with Gasteiger partial charge in [0.2, 0.25) is 0 Å². The van der Waals surface area contributed by atoms with Crippen molar-refractivity contribution in [3.63, 3.8) is 0 Å². The van der Waals surface area contributed by atoms with Crippen LogP contribution in [0.15, 0.2) is 17.1 Å². The number of rotatable bonds is 7. The Bertz CT molecular complexity index is 655. The van der Waals surface area contributed by atoms with Gasteiger partial charge in [-0.1, -0.05) is 12.8 Å². The highest BCUT2D eigenvalue weighted by Gasteiger charge is 2.30. The first-order valence-electron chi connectivity index (χ1n) is 10.2. The molecule has 1 saturated heterocycles. The van der Waals surface area contributed by atoms with Crippen molar-refractivity contribution in [3.05, 3.63) is 17.7 Å². The molecular formula is C21H35IN4O3. The van der Waals surface area contributed by atoms with Gasteiger partial charge in [-0.3, -0.25) is 9.89 Å². The minimum absolute atomic E-state index is 0. The van der Waals surface area contributed by atoms with Crippen LogP contribution in [0, 0.1) is 0 Å². The maximum absolute atomic E-state index is 5.53. The van der Waals surface area contributed by atoms with Gasteiger partial charge in [-0.15, -0.1) is 24.0 Å². The van der Waals surface area contributed by atoms with Crippen molar-refractivity contribution in [3.8, 4) is 17.2 Å². The van der Waals surface area contributed by atoms with Gasteiger partial charge in [-0.2, -0.15) is 0 Å². The van der Waals surface area contributed by atoms with Gasteiger partial charge in [0.25, 0.3) is 0 Å². The zero-order chi connectivity index (χ0) is 19.9. The molecule has 0 radical (unpaired) electrons. The summed E-state index contributed by atoms with van der Waals surface area (Å²) in [4.78, 5) is 7.05. The summed E-state index contributed by atoms with van der Waals surface area (Å²) < 4.78 is 16.4. The van der Waals surface area contributed by atoms with Crippen LogP contribution in [0.1, 0.15) is 37.7 Å². The van der Waals surface area contributed by atoms with Crippen molar-refractivity contribution >= 4 is 29.9 Å². The molecule has 0 amide bonds. The molecule has 1 heterocycles. The van der Waals surface area contributed by atoms with Crippen molar-refractivity contribution < 1.29 is 14.2 Å². The molecule has 2 N–H and O–H groups in total. The molecule has 0 spiro atoms. The molecule has 1 atom stereocenters. The Balaban J connectivity index is 0.00000300. The van der Waals surface area contributed by atoms with Crippen LogP contribution in [0.2, 0.25) is 0 Å². The number of aliphatic imine (C=N–C) groups is 1. The zero-order valence-corrected chi connectivity index (χ0v) is 20.3. The van der Waals surface area contributed by atoms with Crippen LogP contribution in [-0.4, -0.2) is 64.4 Å². The molecule has 1 aliphatic carbocycles. The van der Waals surface area contributed by atoms with Gasteiger partial charge in [0, 0.05) is 44.4 Å². The minimum Gasteiger partial charge on any atom is -0.496 e. The van der Waals surface area contributed by atoms with Gasteiger partial charge >= 0.3 is 0 Å². The molecule has 164 valence electrons. The van der Waals surface area contributed by atoms with Crippen LogP contribution in [0.3, 0.4) is 0 Å². The molecule has 0 bridgehead atoms. The number of hydrogen-bond acceptors (Lipinski definition) is 5. The monoisotopic (exact) mass is 518 g/mol. The van der Waals surface area contributed by atoms with Gasteiger partial charge < -0.3 is 24.8 Å². The van der Waals surface area contributed by atoms with E-state index in [1.807, 2.05) is 19.2 Å². The summed E-state index contributed by atoms with van der Waals surface area (Å²) in [6.45, 7) is 2.83. The molecule has 0 aromatic heterocycles. The lowest BCUT2D eigenvalue weighted by molar-refractivity contribution is 0.242. The Morgan fingerprint density at radius 2 is 1.72 bits per heavy atom. The smallest absolute Gasteiger partial charge is 0.191 e. The van der Waals surface area contributed by atoms with Crippen LogP contribution < -0.4 is 24.8 Å². The van der Waals surface area contributed by atoms with Crippen LogP contribution in [0.25, 0.3) is 0 Å². The number of benzene rings is 1. The van der Waals surface area contributed by atoms with E-state index in [0.29, 0.717) is 18.3 Å². The molecule has 2 aliphatic rings. The van der Waals surface area contributed by atoms with Gasteiger partial charge in [0.15, 0.2) is 5.96 Å². The molecule has 1 aromatic carbocycles. The average Bonchev–Trinajstić information content (AvgIpc) is 3.42. The second-order valence-corrected chi connectivity index (χ2v) is 7.50. The molecule has 7 nitrogen and oxygen atoms in total. The van der Waals surface area contributed by atoms with E-state index in [1.165, 1.54) is 32.2 Å². The highest BCUT2D eigenvalue weighted by Crippen LogP contribution is 2.34. The predicted molar refractivity (Wildman–Crippen MR) is 127 cm³/mol. The van der Waals surface area contributed by atoms with E-state index in [4.69, 9.17) is 14.2 Å². The lowest BCUT2D eigenvalue weighted by Crippen LogP contribution is -2.45. The molecular weight excluding hydrogens is 483 g/mol. The molecule has 1 aliphatic heterocycles. The summed E-state index contributed by atoms with van der Waals surface area (Å²) in [7, 11) is 6.75. The molecule has 8 heteroatoms. The van der Waals surface area contributed by atoms with Gasteiger partial charge in [-0.05, 0) is 19.3 Å². The van der Waals surface area contributed by atoms with E-state index in [9.17, 15) is 0 Å². The Morgan fingerprint density at radius 3 is 2.28 bits per heavy atom. The lowest BCUT2D eigenvalue weighted by atomic mass is 10.1. The van der Waals surface area contributed by atoms with Crippen LogP contribution in [0.5, 0.6) is 17.2 Å². The minimum atomic E-state index is 0. The first kappa shape index (κ1) is 23.9. The summed E-state index contributed by atoms with van der Waals surface area (Å²) in [5.41, 5.74) is 0.938. The molecule has 1 unspecified atom stereocenters. The summed E-state index contributed by atoms with van der Waals surface area (Å²) >= 11 is 0. The highest BCUT2D eigenvalue weighted by atomic mass is 127. The molecule has 2 fully saturated rings. The van der Waals surface area contributed by atoms with Crippen LogP contribution >= 0.6 is 24.0 Å². The second kappa shape index (κ2) is 11.7. The van der Waals surface area contributed by atoms with Crippen molar-refractivity contribution in [2.24, 2.45) is 4.99 Å². The Morgan fingerprint density at radius 1 is 1.07 bits per heavy atom. The number of hydrogen-bond donors (Lipinski definition) is 2. The SMILES string of the molecule is CN=C(NCc1c(OC)cc(OC)cc1OC)NC1CCN(C2CCCC2)C1.I. The largest absolute Gasteiger partial charge is 0.496 e. The number of methoxy groups -OCH3 is 3. The number of ether oxygens (including phenoxy) is 3. The van der Waals surface area contributed by atoms with E-state index in [0.717, 1.165) is 42.0 Å². The summed E-state index contributed by atoms with van der Waals surface area (Å²) in [5, 5.41) is 6.98. The third kappa shape index (κ3) is 6.04. The number of halogens is 1. The number of nitrogens with one attached hydrogen (secondary N) is 2. The van der Waals surface area contributed by atoms with Crippen LogP contribution in [0.4, 0.5) is 0 Å². The number of likely N-dealkylation sites (tertiary alicyclic amines) is 1. The van der Waals surface area contributed by atoms with E-state index >= 15 is 0 Å². The topological polar surface area (TPSA) is 67.4 Å². The van der Waals surface area contributed by atoms with Crippen molar-refractivity contribution in [2.75, 3.05) is 41.5 Å². The van der Waals surface area contributed by atoms with Crippen LogP contribution in [-0.2, 0) is 6.54 Å². The van der Waals surface area contributed by atoms with E-state index in [2.05, 4.69) is 20.5 Å². The fourth-order valence-corrected chi connectivity index (χ4v) is 4.32. The molecule has 3 rings (SSSR count). The van der Waals surface area contributed by atoms with Crippen molar-refractivity contribution in [1.29, 1.82) is 0 Å². The van der Waals surface area contributed by atoms with Gasteiger partial charge in [-0.25, -0.2) is 0 Å². The first-order chi connectivity index (χ1) is 13.7. The maximum Gasteiger partial charge on any atom is 0.191 e. The Kier molecular flexibility index (Phi) is 9.61. The second-order valence-electron chi connectivity index (χ2n) is 7.50. The quantitative estimate of drug-likeness (QED) is 0.329. The van der Waals surface area contributed by atoms with Gasteiger partial charge in [0.1, 0.15) is 17.2 Å². The highest BCUT2D eigenvalue weighted by molar-refractivity contribution is 14.0. The molecule has 1 saturated carbocycles. The Labute approximate surface area is 191 Å². The fraction of sp³-hybridized carbons (Fsp3) is 0.667. The normalized spacial score (nSPS) is 20.3. The third-order valence-corrected chi connectivity index (χ3v) is 5.87. The standard InChI is InChI=1S/C21H34N4O3.HI/c1-22-21(24-15-9-10-25(14-15)16-7-5-6-8-16)23-13-18-19(27-3)11-17(26-2)12-20(18)28-4;/h11-12,15-16H,5-10,13-14H2,1-4H3,(H2,22,23,24);1H. The van der Waals surface area contributed by atoms with Gasteiger partial charge in [0.05, 0.1) is 33.4 Å². The number of guanidine groups is 1. The summed E-state index contributed by atoms with van der Waals surface area (Å²) in [6, 6.07) is 4.96. The summed E-state index contributed by atoms with van der Waals surface area (Å²) in [5.74, 6) is 2.97. The fourth-order valence-electron chi connectivity index (χ4n) is 4.32. The summed E-state index contributed by atoms with van der Waals surface area (Å²) in [6.07, 6.45) is 6.64. The predicted octanol–water partition coefficient (Wildman–Crippen LogP) is 3.01. The average molecular weight is 518 g/mol. The molecule has 29 heavy (non-hydrogen) atoms. The number of nitrogens with zero attached hydrogens (tertiary/aromatic N) is 2. The van der Waals surface area contributed by atoms with E-state index in [-0.39, 0.29) is 24.0 Å². The Hall–Kier alpha value is -1.42. The maximum atomic E-state index is 5.53. The van der Waals surface area contributed by atoms with E-state index < -0.39 is 0 Å². The van der Waals surface area contributed by atoms with E-state index in [1.54, 1.807) is 21.3 Å². The van der Waals surface area contributed by atoms with Crippen molar-refractivity contribution in [2.45, 2.75) is 50.7 Å². The lowest BCUT2D eigenvalue weighted by Gasteiger charge is -2.24. The van der Waals surface area contributed by atoms with Crippen molar-refractivity contribution in [1.82, 2.24) is 15.5 Å². The zero-order valence-electron chi connectivity index (χ0n) is 18.0.